The molecule has 0 fully saturated rings. The second kappa shape index (κ2) is 5.54. The van der Waals surface area contributed by atoms with Gasteiger partial charge in [-0.3, -0.25) is 4.79 Å². The molecule has 0 radical (unpaired) electrons. The van der Waals surface area contributed by atoms with Crippen molar-refractivity contribution in [2.24, 2.45) is 5.16 Å². The molecule has 1 aromatic carbocycles. The maximum absolute atomic E-state index is 9.00. The van der Waals surface area contributed by atoms with Crippen molar-refractivity contribution in [2.45, 2.75) is 6.42 Å². The van der Waals surface area contributed by atoms with E-state index in [9.17, 15) is 0 Å². The van der Waals surface area contributed by atoms with Gasteiger partial charge >= 0.3 is 5.97 Å². The molecule has 1 N–H and O–H groups in total. The van der Waals surface area contributed by atoms with Gasteiger partial charge in [0, 0.05) is 18.2 Å². The van der Waals surface area contributed by atoms with Gasteiger partial charge in [-0.25, -0.2) is 4.79 Å². The Morgan fingerprint density at radius 3 is 2.73 bits per heavy atom. The average Bonchev–Trinajstić information content (AvgIpc) is 2.30. The van der Waals surface area contributed by atoms with E-state index in [0.717, 1.165) is 12.2 Å². The number of hydrogen-bond donors (Lipinski definition) is 1. The number of fused-ring (bicyclic) bond motifs is 1. The van der Waals surface area contributed by atoms with Crippen molar-refractivity contribution in [3.05, 3.63) is 29.8 Å². The molecular weight excluding hydrogens is 198 g/mol. The Morgan fingerprint density at radius 2 is 2.13 bits per heavy atom. The fraction of sp³-hybridized carbons (Fsp3) is 0.100. The second-order valence-electron chi connectivity index (χ2n) is 2.65. The number of para-hydroxylation sites is 1. The largest absolute Gasteiger partial charge is 0.476 e. The minimum Gasteiger partial charge on any atom is -0.476 e. The highest BCUT2D eigenvalue weighted by Gasteiger charge is 2.04. The lowest BCUT2D eigenvalue weighted by atomic mass is 10.1. The summed E-state index contributed by atoms with van der Waals surface area (Å²) in [5.41, 5.74) is 1.21. The van der Waals surface area contributed by atoms with Crippen molar-refractivity contribution >= 4 is 18.5 Å². The van der Waals surface area contributed by atoms with Gasteiger partial charge in [0.15, 0.2) is 5.75 Å². The maximum Gasteiger partial charge on any atom is 0.368 e. The van der Waals surface area contributed by atoms with E-state index in [-0.39, 0.29) is 6.29 Å². The molecule has 0 amide bonds. The number of aldehydes is 1. The molecule has 5 nitrogen and oxygen atoms in total. The fourth-order valence-electron chi connectivity index (χ4n) is 0.991. The smallest absolute Gasteiger partial charge is 0.368 e. The molecule has 0 saturated heterocycles. The summed E-state index contributed by atoms with van der Waals surface area (Å²) in [6.45, 7) is 0. The lowest BCUT2D eigenvalue weighted by Crippen LogP contribution is -1.98. The number of carboxylic acids is 1. The summed E-state index contributed by atoms with van der Waals surface area (Å²) >= 11 is 0. The molecule has 15 heavy (non-hydrogen) atoms. The molecular formula is C10H9NO4. The van der Waals surface area contributed by atoms with Gasteiger partial charge in [0.25, 0.3) is 0 Å². The van der Waals surface area contributed by atoms with Crippen molar-refractivity contribution in [2.75, 3.05) is 0 Å². The van der Waals surface area contributed by atoms with E-state index < -0.39 is 5.97 Å². The monoisotopic (exact) mass is 207 g/mol. The van der Waals surface area contributed by atoms with Gasteiger partial charge in [-0.15, -0.1) is 0 Å². The molecule has 1 aliphatic heterocycles. The quantitative estimate of drug-likeness (QED) is 0.547. The molecule has 0 unspecified atom stereocenters. The van der Waals surface area contributed by atoms with Crippen LogP contribution in [-0.2, 0) is 16.0 Å². The highest BCUT2D eigenvalue weighted by atomic mass is 16.6. The predicted octanol–water partition coefficient (Wildman–Crippen LogP) is 0.877. The third-order valence-corrected chi connectivity index (χ3v) is 1.61. The first-order chi connectivity index (χ1) is 7.24. The van der Waals surface area contributed by atoms with Crippen LogP contribution in [0.25, 0.3) is 0 Å². The highest BCUT2D eigenvalue weighted by Crippen LogP contribution is 2.20. The van der Waals surface area contributed by atoms with Gasteiger partial charge in [0.1, 0.15) is 0 Å². The van der Waals surface area contributed by atoms with Crippen LogP contribution < -0.4 is 4.84 Å². The number of aliphatic carboxylic acids is 1. The van der Waals surface area contributed by atoms with Crippen LogP contribution in [0.1, 0.15) is 5.56 Å². The summed E-state index contributed by atoms with van der Waals surface area (Å²) in [6, 6.07) is 7.91. The zero-order valence-electron chi connectivity index (χ0n) is 7.79. The average molecular weight is 207 g/mol. The topological polar surface area (TPSA) is 76.0 Å². The van der Waals surface area contributed by atoms with Gasteiger partial charge in [0.2, 0.25) is 6.29 Å². The molecule has 0 atom stereocenters. The van der Waals surface area contributed by atoms with E-state index in [4.69, 9.17) is 19.5 Å². The van der Waals surface area contributed by atoms with E-state index in [0.29, 0.717) is 0 Å². The standard InChI is InChI=1S/C8H7NO.C2H2O3/c1-2-4-8-7(3-1)5-6-9-10-8;3-1-2(4)5/h1-4,6H,5H2;1H,(H,4,5). The molecule has 0 bridgehead atoms. The molecule has 1 heterocycles. The van der Waals surface area contributed by atoms with Crippen LogP contribution in [0.3, 0.4) is 0 Å². The van der Waals surface area contributed by atoms with Gasteiger partial charge in [-0.1, -0.05) is 23.4 Å². The highest BCUT2D eigenvalue weighted by molar-refractivity contribution is 6.19. The van der Waals surface area contributed by atoms with E-state index in [1.165, 1.54) is 5.56 Å². The van der Waals surface area contributed by atoms with E-state index in [2.05, 4.69) is 5.16 Å². The zero-order valence-corrected chi connectivity index (χ0v) is 7.79. The van der Waals surface area contributed by atoms with Gasteiger partial charge < -0.3 is 9.94 Å². The van der Waals surface area contributed by atoms with Gasteiger partial charge in [-0.2, -0.15) is 0 Å². The Labute approximate surface area is 86.0 Å². The summed E-state index contributed by atoms with van der Waals surface area (Å²) in [5.74, 6) is -0.546. The number of oxime groups is 1. The Morgan fingerprint density at radius 1 is 1.47 bits per heavy atom. The number of benzene rings is 1. The Bertz CT molecular complexity index is 360. The zero-order chi connectivity index (χ0) is 11.1. The molecule has 78 valence electrons. The van der Waals surface area contributed by atoms with Crippen LogP contribution in [0.4, 0.5) is 0 Å². The van der Waals surface area contributed by atoms with Crippen LogP contribution in [0, 0.1) is 0 Å². The molecule has 1 aromatic rings. The summed E-state index contributed by atoms with van der Waals surface area (Å²) < 4.78 is 0. The number of nitrogens with zero attached hydrogens (tertiary/aromatic N) is 1. The van der Waals surface area contributed by atoms with E-state index in [1.54, 1.807) is 6.21 Å². The minimum absolute atomic E-state index is 0.167. The number of carbonyl (C=O) groups excluding carboxylic acids is 1. The van der Waals surface area contributed by atoms with Gasteiger partial charge in [0.05, 0.1) is 0 Å². The Hall–Kier alpha value is -2.17. The van der Waals surface area contributed by atoms with Gasteiger partial charge in [-0.05, 0) is 6.07 Å². The molecule has 0 aliphatic carbocycles. The summed E-state index contributed by atoms with van der Waals surface area (Å²) in [5, 5.41) is 11.0. The third-order valence-electron chi connectivity index (χ3n) is 1.61. The third kappa shape index (κ3) is 3.60. The van der Waals surface area contributed by atoms with Crippen molar-refractivity contribution in [3.63, 3.8) is 0 Å². The fourth-order valence-corrected chi connectivity index (χ4v) is 0.991. The summed E-state index contributed by atoms with van der Waals surface area (Å²) in [4.78, 5) is 22.9. The van der Waals surface area contributed by atoms with Crippen LogP contribution >= 0.6 is 0 Å². The number of hydrogen-bond acceptors (Lipinski definition) is 4. The van der Waals surface area contributed by atoms with E-state index in [1.807, 2.05) is 24.3 Å². The van der Waals surface area contributed by atoms with Crippen molar-refractivity contribution in [1.82, 2.24) is 0 Å². The predicted molar refractivity (Wildman–Crippen MR) is 53.0 cm³/mol. The first-order valence-corrected chi connectivity index (χ1v) is 4.19. The molecule has 0 spiro atoms. The normalized spacial score (nSPS) is 11.5. The van der Waals surface area contributed by atoms with Crippen molar-refractivity contribution in [3.8, 4) is 5.75 Å². The molecule has 2 rings (SSSR count). The first-order valence-electron chi connectivity index (χ1n) is 4.19. The maximum atomic E-state index is 9.00. The van der Waals surface area contributed by atoms with Crippen LogP contribution in [0.5, 0.6) is 5.75 Å². The molecule has 5 heteroatoms. The first kappa shape index (κ1) is 10.9. The minimum atomic E-state index is -1.43. The number of carbonyl (C=O) groups is 2. The lowest BCUT2D eigenvalue weighted by molar-refractivity contribution is -0.143. The molecule has 1 aliphatic rings. The Kier molecular flexibility index (Phi) is 4.03. The SMILES string of the molecule is C1=NOc2ccccc2C1.O=CC(=O)O. The Balaban J connectivity index is 0.000000195. The lowest BCUT2D eigenvalue weighted by Gasteiger charge is -2.07. The molecule has 0 aromatic heterocycles. The number of carboxylic acid groups (broad SMARTS) is 1. The van der Waals surface area contributed by atoms with Crippen molar-refractivity contribution in [1.29, 1.82) is 0 Å². The number of rotatable bonds is 1. The van der Waals surface area contributed by atoms with Crippen LogP contribution in [-0.4, -0.2) is 23.6 Å². The summed E-state index contributed by atoms with van der Waals surface area (Å²) in [7, 11) is 0. The van der Waals surface area contributed by atoms with E-state index >= 15 is 0 Å². The van der Waals surface area contributed by atoms with Crippen molar-refractivity contribution < 1.29 is 19.5 Å². The van der Waals surface area contributed by atoms with Crippen LogP contribution in [0.2, 0.25) is 0 Å². The summed E-state index contributed by atoms with van der Waals surface area (Å²) in [6.07, 6.45) is 2.48. The second-order valence-corrected chi connectivity index (χ2v) is 2.65. The van der Waals surface area contributed by atoms with Crippen LogP contribution in [0.15, 0.2) is 29.4 Å². The molecule has 0 saturated carbocycles.